The molecular weight excluding hydrogens is 1660 g/mol. The molecular formula is C83H70F3Ir2N4O5SSi2-3. The molecule has 0 bridgehead atoms. The van der Waals surface area contributed by atoms with Gasteiger partial charge < -0.3 is 25.2 Å². The van der Waals surface area contributed by atoms with Crippen LogP contribution in [0.25, 0.3) is 45.0 Å². The summed E-state index contributed by atoms with van der Waals surface area (Å²) < 4.78 is 57.5. The van der Waals surface area contributed by atoms with Crippen LogP contribution in [-0.4, -0.2) is 79.0 Å². The summed E-state index contributed by atoms with van der Waals surface area (Å²) in [7, 11) is -8.76. The fourth-order valence-corrected chi connectivity index (χ4v) is 20.5. The van der Waals surface area contributed by atoms with E-state index in [0.717, 1.165) is 59.2 Å². The fourth-order valence-electron chi connectivity index (χ4n) is 11.0. The first-order valence-electron chi connectivity index (χ1n) is 30.9. The minimum atomic E-state index is -5.84. The quantitative estimate of drug-likeness (QED) is 0.0358. The summed E-state index contributed by atoms with van der Waals surface area (Å²) in [5.74, 6) is 0. The van der Waals surface area contributed by atoms with Gasteiger partial charge in [0, 0.05) is 84.8 Å². The molecule has 0 unspecified atom stereocenters. The van der Waals surface area contributed by atoms with Crippen molar-refractivity contribution in [1.29, 1.82) is 0 Å². The second kappa shape index (κ2) is 40.9. The monoisotopic (exact) mass is 1730 g/mol. The predicted octanol–water partition coefficient (Wildman–Crippen LogP) is 12.8. The van der Waals surface area contributed by atoms with E-state index < -0.39 is 31.8 Å². The van der Waals surface area contributed by atoms with Gasteiger partial charge in [-0.05, 0) is 68.2 Å². The van der Waals surface area contributed by atoms with E-state index in [1.54, 1.807) is 12.4 Å². The van der Waals surface area contributed by atoms with Crippen LogP contribution in [0, 0.1) is 18.2 Å². The number of hydrogen-bond donors (Lipinski definition) is 3. The van der Waals surface area contributed by atoms with Crippen LogP contribution in [0.2, 0.25) is 0 Å². The number of aliphatic hydroxyl groups is 2. The van der Waals surface area contributed by atoms with Gasteiger partial charge in [-0.2, -0.15) is 21.6 Å². The van der Waals surface area contributed by atoms with Gasteiger partial charge in [0.2, 0.25) is 0 Å². The summed E-state index contributed by atoms with van der Waals surface area (Å²) in [6.07, 6.45) is 7.25. The van der Waals surface area contributed by atoms with Gasteiger partial charge in [0.25, 0.3) is 0 Å². The smallest absolute Gasteiger partial charge is 0.400 e. The standard InChI is InChI=1S/C29H23NSi.C29H22NSi.2C11H8N.CHF3O3S.2CH4O.2Ir/c2*1-4-12-25(13-5-1)31(26-14-6-2-7-15-26,27-16-8-3-9-17-27)28-21-19-24(20-22-28)29-18-10-11-23-30-29;2*1-2-6-10(7-3-1)11-8-4-5-9-12-11;2-1(3,4)8(5,6)7;2*1-2;;/h1-23H;1-19,21-23H;2*1-6,8-9H;(H,5,6,7);2*2H,1H3;;/q;3*-1;;;;;. The first-order valence-corrected chi connectivity index (χ1v) is 36.4. The molecule has 0 fully saturated rings. The van der Waals surface area contributed by atoms with Gasteiger partial charge in [-0.15, -0.1) is 107 Å². The van der Waals surface area contributed by atoms with Gasteiger partial charge in [0.05, 0.1) is 5.69 Å². The number of alkyl halides is 3. The first-order chi connectivity index (χ1) is 48.0. The zero-order valence-corrected chi connectivity index (χ0v) is 62.0. The molecule has 0 aliphatic rings. The summed E-state index contributed by atoms with van der Waals surface area (Å²) in [6, 6.07) is 131. The SMILES string of the molecule is CO.CO.O=S(=O)(O)C(F)(F)F.[Ir].[Ir].[c-]1cc([Si](c2ccccc2)(c2ccccc2)c2ccccc2)ccc1-c1ccccn1.[c-]1ccccc1-c1ccccn1.[c-]1ccccc1-c1ccccn1.c1ccc([Si](c2ccccc2)(c2ccccc2)c2ccc(-c3ccccn3)cc2)cc1. The maximum Gasteiger partial charge on any atom is 0.522 e. The summed E-state index contributed by atoms with van der Waals surface area (Å²) >= 11 is 0. The van der Waals surface area contributed by atoms with Gasteiger partial charge in [-0.1, -0.05) is 264 Å². The second-order valence-electron chi connectivity index (χ2n) is 21.1. The number of benzene rings is 10. The van der Waals surface area contributed by atoms with Crippen LogP contribution in [0.1, 0.15) is 0 Å². The average Bonchev–Trinajstić information content (AvgIpc) is 0.743. The van der Waals surface area contributed by atoms with Crippen LogP contribution < -0.4 is 41.5 Å². The molecule has 0 aliphatic heterocycles. The summed E-state index contributed by atoms with van der Waals surface area (Å²) in [4.78, 5) is 17.5. The molecule has 17 heteroatoms. The Morgan fingerprint density at radius 2 is 0.540 bits per heavy atom. The molecule has 0 amide bonds. The molecule has 0 spiro atoms. The molecule has 100 heavy (non-hydrogen) atoms. The number of pyridine rings is 4. The molecule has 0 saturated heterocycles. The maximum absolute atomic E-state index is 10.7. The fraction of sp³-hybridized carbons (Fsp3) is 0.0361. The number of halogens is 3. The molecule has 508 valence electrons. The van der Waals surface area contributed by atoms with Gasteiger partial charge in [-0.25, -0.2) is 0 Å². The largest absolute Gasteiger partial charge is 0.522 e. The van der Waals surface area contributed by atoms with Crippen molar-refractivity contribution in [2.45, 2.75) is 5.51 Å². The van der Waals surface area contributed by atoms with E-state index >= 15 is 0 Å². The van der Waals surface area contributed by atoms with Crippen molar-refractivity contribution >= 4 is 67.8 Å². The van der Waals surface area contributed by atoms with Crippen molar-refractivity contribution in [2.24, 2.45) is 0 Å². The van der Waals surface area contributed by atoms with E-state index in [1.807, 2.05) is 128 Å². The topological polar surface area (TPSA) is 146 Å². The third-order valence-corrected chi connectivity index (χ3v) is 25.5. The minimum Gasteiger partial charge on any atom is -0.400 e. The molecule has 10 aromatic carbocycles. The number of hydrogen-bond acceptors (Lipinski definition) is 8. The van der Waals surface area contributed by atoms with Gasteiger partial charge in [0.15, 0.2) is 8.07 Å². The Morgan fingerprint density at radius 3 is 0.780 bits per heavy atom. The number of nitrogens with zero attached hydrogens (tertiary/aromatic N) is 4. The Labute approximate surface area is 613 Å². The van der Waals surface area contributed by atoms with Crippen LogP contribution in [0.4, 0.5) is 13.2 Å². The van der Waals surface area contributed by atoms with Crippen molar-refractivity contribution < 1.29 is 76.6 Å². The van der Waals surface area contributed by atoms with Crippen molar-refractivity contribution in [3.8, 4) is 45.0 Å². The van der Waals surface area contributed by atoms with Gasteiger partial charge in [0.1, 0.15) is 8.07 Å². The maximum atomic E-state index is 10.7. The zero-order valence-electron chi connectivity index (χ0n) is 54.4. The number of aliphatic hydroxyl groups excluding tert-OH is 2. The molecule has 0 aliphatic carbocycles. The van der Waals surface area contributed by atoms with Crippen molar-refractivity contribution in [3.05, 3.63) is 389 Å². The normalized spacial score (nSPS) is 10.5. The Hall–Kier alpha value is -9.85. The zero-order chi connectivity index (χ0) is 69.3. The van der Waals surface area contributed by atoms with Gasteiger partial charge in [-0.3, -0.25) is 9.54 Å². The van der Waals surface area contributed by atoms with E-state index in [-0.39, 0.29) is 40.2 Å². The molecule has 0 atom stereocenters. The van der Waals surface area contributed by atoms with Crippen molar-refractivity contribution in [3.63, 3.8) is 0 Å². The molecule has 4 aromatic heterocycles. The number of aromatic nitrogens is 4. The Bertz CT molecular complexity index is 4070. The Kier molecular flexibility index (Phi) is 32.4. The number of rotatable bonds is 12. The Morgan fingerprint density at radius 1 is 0.300 bits per heavy atom. The van der Waals surface area contributed by atoms with Crippen LogP contribution in [0.5, 0.6) is 0 Å². The molecule has 9 nitrogen and oxygen atoms in total. The summed E-state index contributed by atoms with van der Waals surface area (Å²) in [6.45, 7) is 0. The average molecular weight is 1730 g/mol. The summed E-state index contributed by atoms with van der Waals surface area (Å²) in [5, 5.41) is 24.9. The first kappa shape index (κ1) is 79.1. The van der Waals surface area contributed by atoms with Crippen LogP contribution >= 0.6 is 0 Å². The van der Waals surface area contributed by atoms with E-state index in [0.29, 0.717) is 0 Å². The summed E-state index contributed by atoms with van der Waals surface area (Å²) in [5.41, 5.74) is 2.59. The molecule has 2 radical (unpaired) electrons. The van der Waals surface area contributed by atoms with E-state index in [4.69, 9.17) is 23.2 Å². The third-order valence-electron chi connectivity index (χ3n) is 15.3. The molecule has 4 heterocycles. The van der Waals surface area contributed by atoms with Crippen molar-refractivity contribution in [2.75, 3.05) is 14.2 Å². The molecule has 0 saturated carbocycles. The van der Waals surface area contributed by atoms with E-state index in [9.17, 15) is 13.2 Å². The molecule has 14 rings (SSSR count). The van der Waals surface area contributed by atoms with E-state index in [1.165, 1.54) is 41.5 Å². The minimum absolute atomic E-state index is 0. The van der Waals surface area contributed by atoms with Gasteiger partial charge >= 0.3 is 15.6 Å². The van der Waals surface area contributed by atoms with E-state index in [2.05, 4.69) is 269 Å². The Balaban J connectivity index is 0.000000211. The molecule has 3 N–H and O–H groups in total. The van der Waals surface area contributed by atoms with Crippen LogP contribution in [0.15, 0.2) is 371 Å². The second-order valence-corrected chi connectivity index (χ2v) is 30.1. The van der Waals surface area contributed by atoms with Crippen LogP contribution in [0.3, 0.4) is 0 Å². The third kappa shape index (κ3) is 20.9. The van der Waals surface area contributed by atoms with Crippen LogP contribution in [-0.2, 0) is 50.3 Å². The molecule has 14 aromatic rings. The van der Waals surface area contributed by atoms with Crippen molar-refractivity contribution in [1.82, 2.24) is 19.9 Å². The predicted molar refractivity (Wildman–Crippen MR) is 396 cm³/mol.